The number of benzene rings is 1. The Bertz CT molecular complexity index is 649. The Morgan fingerprint density at radius 1 is 1.40 bits per heavy atom. The van der Waals surface area contributed by atoms with E-state index in [4.69, 9.17) is 18.0 Å². The number of aromatic nitrogens is 1. The number of likely N-dealkylation sites (N-methyl/N-ethyl adjacent to an activating group) is 1. The van der Waals surface area contributed by atoms with Crippen LogP contribution in [0.1, 0.15) is 19.4 Å². The molecule has 0 aliphatic carbocycles. The van der Waals surface area contributed by atoms with Gasteiger partial charge < -0.3 is 15.7 Å². The van der Waals surface area contributed by atoms with E-state index < -0.39 is 5.60 Å². The zero-order valence-corrected chi connectivity index (χ0v) is 12.7. The van der Waals surface area contributed by atoms with Crippen LogP contribution in [0.5, 0.6) is 0 Å². The molecule has 0 spiro atoms. The largest absolute Gasteiger partial charge is 0.389 e. The second-order valence-electron chi connectivity index (χ2n) is 5.58. The Morgan fingerprint density at radius 3 is 2.65 bits per heavy atom. The molecule has 0 aliphatic heterocycles. The molecule has 3 N–H and O–H groups in total. The number of fused-ring (bicyclic) bond motifs is 1. The van der Waals surface area contributed by atoms with Gasteiger partial charge >= 0.3 is 0 Å². The van der Waals surface area contributed by atoms with E-state index in [-0.39, 0.29) is 0 Å². The number of nitrogens with two attached hydrogens (primary N) is 1. The van der Waals surface area contributed by atoms with Crippen LogP contribution in [-0.2, 0) is 0 Å². The third kappa shape index (κ3) is 3.23. The molecule has 20 heavy (non-hydrogen) atoms. The molecular weight excluding hydrogens is 270 g/mol. The van der Waals surface area contributed by atoms with Crippen molar-refractivity contribution in [2.24, 2.45) is 5.73 Å². The maximum atomic E-state index is 9.96. The fraction of sp³-hybridized carbons (Fsp3) is 0.333. The summed E-state index contributed by atoms with van der Waals surface area (Å²) >= 11 is 5.12. The molecule has 2 aromatic rings. The number of pyridine rings is 1. The first-order valence-corrected chi connectivity index (χ1v) is 6.82. The highest BCUT2D eigenvalue weighted by Crippen LogP contribution is 2.24. The number of nitrogens with zero attached hydrogens (tertiary/aromatic N) is 2. The van der Waals surface area contributed by atoms with E-state index in [1.54, 1.807) is 13.8 Å². The molecule has 0 saturated heterocycles. The second kappa shape index (κ2) is 5.34. The number of hydrogen-bond donors (Lipinski definition) is 2. The standard InChI is InChI=1S/C15H19N3OS/c1-15(2,19)9-18(3)14-11(13(16)20)8-10-6-4-5-7-12(10)17-14/h4-8,19H,9H2,1-3H3,(H2,16,20). The summed E-state index contributed by atoms with van der Waals surface area (Å²) in [6.45, 7) is 3.95. The number of thiocarbonyl (C=S) groups is 1. The molecule has 106 valence electrons. The van der Waals surface area contributed by atoms with Gasteiger partial charge in [0.2, 0.25) is 0 Å². The minimum absolute atomic E-state index is 0.306. The maximum Gasteiger partial charge on any atom is 0.139 e. The van der Waals surface area contributed by atoms with Gasteiger partial charge in [0.15, 0.2) is 0 Å². The van der Waals surface area contributed by atoms with Gasteiger partial charge in [-0.2, -0.15) is 0 Å². The first-order chi connectivity index (χ1) is 9.28. The maximum absolute atomic E-state index is 9.96. The molecule has 0 atom stereocenters. The summed E-state index contributed by atoms with van der Waals surface area (Å²) in [6.07, 6.45) is 0. The third-order valence-electron chi connectivity index (χ3n) is 2.95. The van der Waals surface area contributed by atoms with Crippen LogP contribution >= 0.6 is 12.2 Å². The summed E-state index contributed by atoms with van der Waals surface area (Å²) in [6, 6.07) is 9.76. The van der Waals surface area contributed by atoms with Gasteiger partial charge in [0.25, 0.3) is 0 Å². The molecular formula is C15H19N3OS. The lowest BCUT2D eigenvalue weighted by molar-refractivity contribution is 0.0884. The Morgan fingerprint density at radius 2 is 2.05 bits per heavy atom. The van der Waals surface area contributed by atoms with E-state index >= 15 is 0 Å². The number of hydrogen-bond acceptors (Lipinski definition) is 4. The lowest BCUT2D eigenvalue weighted by Gasteiger charge is -2.28. The minimum Gasteiger partial charge on any atom is -0.389 e. The second-order valence-corrected chi connectivity index (χ2v) is 6.02. The summed E-state index contributed by atoms with van der Waals surface area (Å²) in [5.41, 5.74) is 6.59. The topological polar surface area (TPSA) is 62.4 Å². The van der Waals surface area contributed by atoms with Gasteiger partial charge in [-0.3, -0.25) is 0 Å². The molecule has 1 heterocycles. The summed E-state index contributed by atoms with van der Waals surface area (Å²) < 4.78 is 0. The molecule has 2 rings (SSSR count). The Hall–Kier alpha value is -1.72. The molecule has 0 unspecified atom stereocenters. The van der Waals surface area contributed by atoms with Crippen LogP contribution in [-0.4, -0.2) is 34.3 Å². The molecule has 0 radical (unpaired) electrons. The number of para-hydroxylation sites is 1. The molecule has 5 heteroatoms. The molecule has 4 nitrogen and oxygen atoms in total. The molecule has 0 saturated carbocycles. The van der Waals surface area contributed by atoms with Crippen LogP contribution in [0, 0.1) is 0 Å². The first kappa shape index (κ1) is 14.7. The van der Waals surface area contributed by atoms with Crippen molar-refractivity contribution >= 4 is 33.9 Å². The highest BCUT2D eigenvalue weighted by molar-refractivity contribution is 7.80. The van der Waals surface area contributed by atoms with Gasteiger partial charge in [-0.15, -0.1) is 0 Å². The third-order valence-corrected chi connectivity index (χ3v) is 3.17. The van der Waals surface area contributed by atoms with Crippen molar-refractivity contribution in [2.45, 2.75) is 19.4 Å². The summed E-state index contributed by atoms with van der Waals surface area (Å²) in [5.74, 6) is 0.693. The van der Waals surface area contributed by atoms with Crippen molar-refractivity contribution in [3.05, 3.63) is 35.9 Å². The quantitative estimate of drug-likeness (QED) is 0.844. The van der Waals surface area contributed by atoms with E-state index in [1.807, 2.05) is 42.3 Å². The van der Waals surface area contributed by atoms with Crippen LogP contribution in [0.2, 0.25) is 0 Å². The summed E-state index contributed by atoms with van der Waals surface area (Å²) in [5, 5.41) is 11.0. The molecule has 0 aliphatic rings. The van der Waals surface area contributed by atoms with Crippen molar-refractivity contribution < 1.29 is 5.11 Å². The average Bonchev–Trinajstić information content (AvgIpc) is 2.35. The van der Waals surface area contributed by atoms with Gasteiger partial charge in [0.05, 0.1) is 16.7 Å². The summed E-state index contributed by atoms with van der Waals surface area (Å²) in [4.78, 5) is 6.81. The highest BCUT2D eigenvalue weighted by atomic mass is 32.1. The van der Waals surface area contributed by atoms with Crippen molar-refractivity contribution in [1.82, 2.24) is 4.98 Å². The van der Waals surface area contributed by atoms with Crippen LogP contribution in [0.3, 0.4) is 0 Å². The smallest absolute Gasteiger partial charge is 0.139 e. The van der Waals surface area contributed by atoms with Crippen molar-refractivity contribution in [2.75, 3.05) is 18.5 Å². The Kier molecular flexibility index (Phi) is 3.92. The lowest BCUT2D eigenvalue weighted by Crippen LogP contribution is -2.37. The normalized spacial score (nSPS) is 11.6. The molecule has 1 aromatic carbocycles. The Balaban J connectivity index is 2.55. The zero-order valence-electron chi connectivity index (χ0n) is 11.9. The van der Waals surface area contributed by atoms with Gasteiger partial charge in [-0.05, 0) is 26.0 Å². The van der Waals surface area contributed by atoms with E-state index in [0.29, 0.717) is 17.4 Å². The van der Waals surface area contributed by atoms with Crippen LogP contribution < -0.4 is 10.6 Å². The Labute approximate surface area is 124 Å². The molecule has 0 amide bonds. The first-order valence-electron chi connectivity index (χ1n) is 6.41. The fourth-order valence-corrected chi connectivity index (χ4v) is 2.38. The van der Waals surface area contributed by atoms with E-state index in [2.05, 4.69) is 4.98 Å². The van der Waals surface area contributed by atoms with Gasteiger partial charge in [-0.25, -0.2) is 4.98 Å². The molecule has 1 aromatic heterocycles. The zero-order chi connectivity index (χ0) is 14.9. The summed E-state index contributed by atoms with van der Waals surface area (Å²) in [7, 11) is 1.87. The predicted molar refractivity (Wildman–Crippen MR) is 87.2 cm³/mol. The predicted octanol–water partition coefficient (Wildman–Crippen LogP) is 2.08. The van der Waals surface area contributed by atoms with Crippen molar-refractivity contribution in [3.8, 4) is 0 Å². The van der Waals surface area contributed by atoms with Gasteiger partial charge in [0, 0.05) is 19.0 Å². The SMILES string of the molecule is CN(CC(C)(C)O)c1nc2ccccc2cc1C(N)=S. The molecule has 0 fully saturated rings. The average molecular weight is 289 g/mol. The van der Waals surface area contributed by atoms with E-state index in [0.717, 1.165) is 16.5 Å². The van der Waals surface area contributed by atoms with Gasteiger partial charge in [-0.1, -0.05) is 30.4 Å². The van der Waals surface area contributed by atoms with Crippen LogP contribution in [0.25, 0.3) is 10.9 Å². The minimum atomic E-state index is -0.824. The van der Waals surface area contributed by atoms with Crippen LogP contribution in [0.4, 0.5) is 5.82 Å². The lowest BCUT2D eigenvalue weighted by atomic mass is 10.1. The van der Waals surface area contributed by atoms with E-state index in [9.17, 15) is 5.11 Å². The number of aliphatic hydroxyl groups is 1. The van der Waals surface area contributed by atoms with Gasteiger partial charge in [0.1, 0.15) is 10.8 Å². The highest BCUT2D eigenvalue weighted by Gasteiger charge is 2.20. The number of rotatable bonds is 4. The monoisotopic (exact) mass is 289 g/mol. The van der Waals surface area contributed by atoms with E-state index in [1.165, 1.54) is 0 Å². The van der Waals surface area contributed by atoms with Crippen molar-refractivity contribution in [1.29, 1.82) is 0 Å². The molecule has 0 bridgehead atoms. The fourth-order valence-electron chi connectivity index (χ4n) is 2.23. The number of anilines is 1. The van der Waals surface area contributed by atoms with Crippen LogP contribution in [0.15, 0.2) is 30.3 Å². The van der Waals surface area contributed by atoms with Crippen molar-refractivity contribution in [3.63, 3.8) is 0 Å².